The maximum Gasteiger partial charge on any atom is 0.408 e. The standard InChI is InChI=1S/C36H47N3O6/c1-6-7-8-9-13-24-39(32(27-14-11-10-12-15-27)33(41)37-28-18-22-30(44-5)23-19-28)34(42)31(38-35(43)45-36(2,3)4)25-26-16-20-29(40)21-17-26/h10-12,14-23,31-32,40H,6-9,13,24-25H2,1-5H3,(H,37,41)(H,38,43). The molecule has 242 valence electrons. The first-order valence-corrected chi connectivity index (χ1v) is 15.6. The van der Waals surface area contributed by atoms with E-state index in [0.29, 0.717) is 30.0 Å². The molecule has 45 heavy (non-hydrogen) atoms. The third-order valence-electron chi connectivity index (χ3n) is 7.18. The molecule has 0 aliphatic carbocycles. The van der Waals surface area contributed by atoms with E-state index in [2.05, 4.69) is 17.6 Å². The van der Waals surface area contributed by atoms with E-state index in [-0.39, 0.29) is 18.1 Å². The fourth-order valence-electron chi connectivity index (χ4n) is 4.96. The first-order valence-electron chi connectivity index (χ1n) is 15.6. The van der Waals surface area contributed by atoms with Gasteiger partial charge in [-0.25, -0.2) is 4.79 Å². The maximum absolute atomic E-state index is 14.6. The molecule has 0 aliphatic rings. The van der Waals surface area contributed by atoms with Crippen molar-refractivity contribution in [2.75, 3.05) is 19.0 Å². The number of phenolic OH excluding ortho intramolecular Hbond substituents is 1. The SMILES string of the molecule is CCCCCCCN(C(=O)C(Cc1ccc(O)cc1)NC(=O)OC(C)(C)C)C(C(=O)Nc1ccc(OC)cc1)c1ccccc1. The second-order valence-electron chi connectivity index (χ2n) is 12.0. The Bertz CT molecular complexity index is 1350. The summed E-state index contributed by atoms with van der Waals surface area (Å²) in [6, 6.07) is 20.6. The van der Waals surface area contributed by atoms with Crippen LogP contribution in [0.3, 0.4) is 0 Å². The summed E-state index contributed by atoms with van der Waals surface area (Å²) in [4.78, 5) is 43.3. The maximum atomic E-state index is 14.6. The molecule has 0 aromatic heterocycles. The van der Waals surface area contributed by atoms with Gasteiger partial charge >= 0.3 is 6.09 Å². The number of phenols is 1. The van der Waals surface area contributed by atoms with E-state index in [1.54, 1.807) is 69.2 Å². The first-order chi connectivity index (χ1) is 21.5. The number of carbonyl (C=O) groups excluding carboxylic acids is 3. The van der Waals surface area contributed by atoms with E-state index >= 15 is 0 Å². The molecular weight excluding hydrogens is 570 g/mol. The molecule has 0 heterocycles. The number of hydrogen-bond donors (Lipinski definition) is 3. The fourth-order valence-corrected chi connectivity index (χ4v) is 4.96. The van der Waals surface area contributed by atoms with Gasteiger partial charge in [0.05, 0.1) is 7.11 Å². The molecule has 0 spiro atoms. The van der Waals surface area contributed by atoms with Crippen molar-refractivity contribution in [1.29, 1.82) is 0 Å². The lowest BCUT2D eigenvalue weighted by Crippen LogP contribution is -2.53. The number of unbranched alkanes of at least 4 members (excludes halogenated alkanes) is 4. The molecule has 3 rings (SSSR count). The molecule has 9 heteroatoms. The average molecular weight is 618 g/mol. The summed E-state index contributed by atoms with van der Waals surface area (Å²) >= 11 is 0. The van der Waals surface area contributed by atoms with Crippen LogP contribution in [0.5, 0.6) is 11.5 Å². The van der Waals surface area contributed by atoms with Gasteiger partial charge in [0.2, 0.25) is 5.91 Å². The molecule has 3 N–H and O–H groups in total. The minimum atomic E-state index is -1.04. The molecule has 3 aromatic rings. The lowest BCUT2D eigenvalue weighted by molar-refractivity contribution is -0.140. The van der Waals surface area contributed by atoms with Crippen molar-refractivity contribution in [3.63, 3.8) is 0 Å². The van der Waals surface area contributed by atoms with Crippen LogP contribution in [0, 0.1) is 0 Å². The van der Waals surface area contributed by atoms with Gasteiger partial charge in [0.15, 0.2) is 0 Å². The number of aromatic hydroxyl groups is 1. The van der Waals surface area contributed by atoms with Crippen LogP contribution in [-0.4, -0.2) is 53.2 Å². The number of benzene rings is 3. The quantitative estimate of drug-likeness (QED) is 0.158. The average Bonchev–Trinajstić information content (AvgIpc) is 3.00. The van der Waals surface area contributed by atoms with Gasteiger partial charge in [0.25, 0.3) is 5.91 Å². The van der Waals surface area contributed by atoms with Crippen LogP contribution in [0.15, 0.2) is 78.9 Å². The normalized spacial score (nSPS) is 12.5. The predicted octanol–water partition coefficient (Wildman–Crippen LogP) is 7.02. The van der Waals surface area contributed by atoms with E-state index in [0.717, 1.165) is 31.2 Å². The van der Waals surface area contributed by atoms with Gasteiger partial charge in [-0.2, -0.15) is 0 Å². The van der Waals surface area contributed by atoms with Gasteiger partial charge in [0.1, 0.15) is 29.2 Å². The Kier molecular flexibility index (Phi) is 13.3. The van der Waals surface area contributed by atoms with Crippen LogP contribution in [-0.2, 0) is 20.7 Å². The minimum absolute atomic E-state index is 0.0924. The van der Waals surface area contributed by atoms with Gasteiger partial charge in [-0.15, -0.1) is 0 Å². The Morgan fingerprint density at radius 3 is 2.11 bits per heavy atom. The number of hydrogen-bond acceptors (Lipinski definition) is 6. The van der Waals surface area contributed by atoms with Crippen LogP contribution in [0.4, 0.5) is 10.5 Å². The Morgan fingerprint density at radius 1 is 0.867 bits per heavy atom. The summed E-state index contributed by atoms with van der Waals surface area (Å²) in [5, 5.41) is 15.6. The number of amides is 3. The van der Waals surface area contributed by atoms with Crippen molar-refractivity contribution < 1.29 is 29.0 Å². The Hall–Kier alpha value is -4.53. The summed E-state index contributed by atoms with van der Waals surface area (Å²) in [6.45, 7) is 7.70. The summed E-state index contributed by atoms with van der Waals surface area (Å²) in [5.74, 6) is -0.0475. The smallest absolute Gasteiger partial charge is 0.408 e. The zero-order valence-corrected chi connectivity index (χ0v) is 27.0. The predicted molar refractivity (Wildman–Crippen MR) is 176 cm³/mol. The van der Waals surface area contributed by atoms with Crippen molar-refractivity contribution in [3.05, 3.63) is 90.0 Å². The minimum Gasteiger partial charge on any atom is -0.508 e. The molecule has 0 bridgehead atoms. The summed E-state index contributed by atoms with van der Waals surface area (Å²) in [7, 11) is 1.57. The van der Waals surface area contributed by atoms with Crippen LogP contribution in [0.25, 0.3) is 0 Å². The molecule has 0 saturated heterocycles. The molecule has 0 radical (unpaired) electrons. The second kappa shape index (κ2) is 17.1. The Morgan fingerprint density at radius 2 is 1.51 bits per heavy atom. The number of methoxy groups -OCH3 is 1. The van der Waals surface area contributed by atoms with E-state index in [1.165, 1.54) is 12.1 Å². The van der Waals surface area contributed by atoms with Gasteiger partial charge < -0.3 is 30.1 Å². The number of anilines is 1. The van der Waals surface area contributed by atoms with Crippen molar-refractivity contribution in [1.82, 2.24) is 10.2 Å². The van der Waals surface area contributed by atoms with Crippen LogP contribution >= 0.6 is 0 Å². The van der Waals surface area contributed by atoms with E-state index in [4.69, 9.17) is 9.47 Å². The first kappa shape index (κ1) is 35.0. The summed E-state index contributed by atoms with van der Waals surface area (Å²) in [5.41, 5.74) is 1.15. The highest BCUT2D eigenvalue weighted by molar-refractivity contribution is 5.99. The topological polar surface area (TPSA) is 117 Å². The van der Waals surface area contributed by atoms with Crippen molar-refractivity contribution >= 4 is 23.6 Å². The fraction of sp³-hybridized carbons (Fsp3) is 0.417. The Balaban J connectivity index is 2.02. The summed E-state index contributed by atoms with van der Waals surface area (Å²) in [6.07, 6.45) is 4.14. The molecule has 0 aliphatic heterocycles. The number of rotatable bonds is 15. The highest BCUT2D eigenvalue weighted by Crippen LogP contribution is 2.27. The molecule has 3 amide bonds. The van der Waals surface area contributed by atoms with Gasteiger partial charge in [-0.3, -0.25) is 9.59 Å². The highest BCUT2D eigenvalue weighted by Gasteiger charge is 2.36. The molecule has 2 atom stereocenters. The van der Waals surface area contributed by atoms with E-state index in [1.807, 2.05) is 30.3 Å². The second-order valence-corrected chi connectivity index (χ2v) is 12.0. The number of ether oxygens (including phenoxy) is 2. The summed E-state index contributed by atoms with van der Waals surface area (Å²) < 4.78 is 10.8. The lowest BCUT2D eigenvalue weighted by Gasteiger charge is -2.34. The van der Waals surface area contributed by atoms with E-state index in [9.17, 15) is 19.5 Å². The van der Waals surface area contributed by atoms with Crippen LogP contribution < -0.4 is 15.4 Å². The highest BCUT2D eigenvalue weighted by atomic mass is 16.6. The number of nitrogens with one attached hydrogen (secondary N) is 2. The zero-order valence-electron chi connectivity index (χ0n) is 27.0. The third kappa shape index (κ3) is 11.5. The van der Waals surface area contributed by atoms with Crippen molar-refractivity contribution in [2.24, 2.45) is 0 Å². The van der Waals surface area contributed by atoms with Gasteiger partial charge in [-0.1, -0.05) is 75.1 Å². The van der Waals surface area contributed by atoms with Crippen molar-refractivity contribution in [2.45, 2.75) is 83.9 Å². The van der Waals surface area contributed by atoms with Crippen LogP contribution in [0.2, 0.25) is 0 Å². The van der Waals surface area contributed by atoms with Gasteiger partial charge in [-0.05, 0) is 74.7 Å². The molecule has 0 saturated carbocycles. The molecule has 3 aromatic carbocycles. The largest absolute Gasteiger partial charge is 0.508 e. The Labute approximate surface area is 266 Å². The number of alkyl carbamates (subject to hydrolysis) is 1. The number of nitrogens with zero attached hydrogens (tertiary/aromatic N) is 1. The van der Waals surface area contributed by atoms with Crippen LogP contribution in [0.1, 0.15) is 77.0 Å². The van der Waals surface area contributed by atoms with Crippen molar-refractivity contribution in [3.8, 4) is 11.5 Å². The van der Waals surface area contributed by atoms with Gasteiger partial charge in [0, 0.05) is 18.7 Å². The third-order valence-corrected chi connectivity index (χ3v) is 7.18. The molecule has 2 unspecified atom stereocenters. The lowest BCUT2D eigenvalue weighted by atomic mass is 9.99. The molecular formula is C36H47N3O6. The van der Waals surface area contributed by atoms with E-state index < -0.39 is 29.7 Å². The zero-order chi connectivity index (χ0) is 32.8. The monoisotopic (exact) mass is 617 g/mol. The number of carbonyl (C=O) groups is 3. The molecule has 9 nitrogen and oxygen atoms in total. The molecule has 0 fully saturated rings.